The molecule has 2 amide bonds. The molecule has 22 heavy (non-hydrogen) atoms. The quantitative estimate of drug-likeness (QED) is 0.860. The summed E-state index contributed by atoms with van der Waals surface area (Å²) in [7, 11) is 0. The summed E-state index contributed by atoms with van der Waals surface area (Å²) in [5, 5.41) is 3.20. The largest absolute Gasteiger partial charge is 0.305 e. The van der Waals surface area contributed by atoms with Crippen LogP contribution in [0.3, 0.4) is 0 Å². The number of hydrogen-bond acceptors (Lipinski definition) is 3. The number of amides is 2. The molecule has 2 aromatic carbocycles. The zero-order valence-corrected chi connectivity index (χ0v) is 12.2. The average molecular weight is 294 g/mol. The van der Waals surface area contributed by atoms with Crippen LogP contribution < -0.4 is 10.2 Å². The second-order valence-electron chi connectivity index (χ2n) is 5.35. The van der Waals surface area contributed by atoms with Crippen molar-refractivity contribution < 1.29 is 9.59 Å². The first-order valence-corrected chi connectivity index (χ1v) is 7.45. The molecular weight excluding hydrogens is 276 g/mol. The van der Waals surface area contributed by atoms with Crippen LogP contribution in [0.5, 0.6) is 0 Å². The number of nitrogens with zero attached hydrogens (tertiary/aromatic N) is 1. The van der Waals surface area contributed by atoms with E-state index in [0.29, 0.717) is 12.2 Å². The van der Waals surface area contributed by atoms with Crippen LogP contribution >= 0.6 is 0 Å². The summed E-state index contributed by atoms with van der Waals surface area (Å²) in [5.74, 6) is -0.308. The minimum Gasteiger partial charge on any atom is -0.305 e. The molecule has 0 unspecified atom stereocenters. The van der Waals surface area contributed by atoms with Crippen molar-refractivity contribution in [3.05, 3.63) is 66.2 Å². The average Bonchev–Trinajstić information content (AvgIpc) is 2.83. The Morgan fingerprint density at radius 1 is 0.955 bits per heavy atom. The van der Waals surface area contributed by atoms with E-state index in [-0.39, 0.29) is 18.2 Å². The van der Waals surface area contributed by atoms with E-state index < -0.39 is 6.04 Å². The lowest BCUT2D eigenvalue weighted by Gasteiger charge is -2.15. The first-order chi connectivity index (χ1) is 10.8. The lowest BCUT2D eigenvalue weighted by atomic mass is 10.1. The summed E-state index contributed by atoms with van der Waals surface area (Å²) in [5.41, 5.74) is 1.86. The monoisotopic (exact) mass is 294 g/mol. The predicted octanol–water partition coefficient (Wildman–Crippen LogP) is 2.15. The Morgan fingerprint density at radius 3 is 2.27 bits per heavy atom. The number of rotatable bonds is 5. The highest BCUT2D eigenvalue weighted by Gasteiger charge is 2.38. The molecular formula is C18H18N2O2. The molecule has 0 radical (unpaired) electrons. The van der Waals surface area contributed by atoms with E-state index >= 15 is 0 Å². The Labute approximate surface area is 129 Å². The van der Waals surface area contributed by atoms with Gasteiger partial charge in [0.1, 0.15) is 0 Å². The molecule has 4 nitrogen and oxygen atoms in total. The van der Waals surface area contributed by atoms with E-state index in [1.165, 1.54) is 10.5 Å². The predicted molar refractivity (Wildman–Crippen MR) is 85.5 cm³/mol. The third-order valence-electron chi connectivity index (χ3n) is 3.81. The molecule has 0 aromatic heterocycles. The van der Waals surface area contributed by atoms with E-state index in [1.807, 2.05) is 36.4 Å². The van der Waals surface area contributed by atoms with Gasteiger partial charge in [0.05, 0.1) is 18.2 Å². The fourth-order valence-corrected chi connectivity index (χ4v) is 2.68. The van der Waals surface area contributed by atoms with E-state index in [2.05, 4.69) is 17.4 Å². The smallest absolute Gasteiger partial charge is 0.251 e. The van der Waals surface area contributed by atoms with Crippen molar-refractivity contribution in [3.8, 4) is 0 Å². The number of imide groups is 1. The number of carbonyl (C=O) groups excluding carboxylic acids is 2. The maximum absolute atomic E-state index is 12.4. The highest BCUT2D eigenvalue weighted by atomic mass is 16.2. The number of benzene rings is 2. The van der Waals surface area contributed by atoms with E-state index in [9.17, 15) is 9.59 Å². The molecule has 1 fully saturated rings. The van der Waals surface area contributed by atoms with Gasteiger partial charge in [-0.25, -0.2) is 4.90 Å². The van der Waals surface area contributed by atoms with Gasteiger partial charge in [0.15, 0.2) is 0 Å². The van der Waals surface area contributed by atoms with Gasteiger partial charge in [0.2, 0.25) is 5.91 Å². The van der Waals surface area contributed by atoms with Gasteiger partial charge in [-0.2, -0.15) is 0 Å². The summed E-state index contributed by atoms with van der Waals surface area (Å²) in [6.45, 7) is 0.677. The molecule has 1 aliphatic heterocycles. The van der Waals surface area contributed by atoms with Crippen molar-refractivity contribution in [2.45, 2.75) is 18.9 Å². The highest BCUT2D eigenvalue weighted by Crippen LogP contribution is 2.22. The highest BCUT2D eigenvalue weighted by molar-refractivity contribution is 6.22. The van der Waals surface area contributed by atoms with Crippen molar-refractivity contribution in [3.63, 3.8) is 0 Å². The van der Waals surface area contributed by atoms with E-state index in [1.54, 1.807) is 12.1 Å². The van der Waals surface area contributed by atoms with Gasteiger partial charge >= 0.3 is 0 Å². The van der Waals surface area contributed by atoms with E-state index in [0.717, 1.165) is 6.42 Å². The number of hydrogen-bond donors (Lipinski definition) is 1. The maximum atomic E-state index is 12.4. The minimum atomic E-state index is -0.420. The zero-order valence-electron chi connectivity index (χ0n) is 12.2. The molecule has 4 heteroatoms. The molecule has 112 valence electrons. The normalized spacial score (nSPS) is 18.0. The van der Waals surface area contributed by atoms with Gasteiger partial charge < -0.3 is 5.32 Å². The molecule has 0 bridgehead atoms. The van der Waals surface area contributed by atoms with Crippen LogP contribution in [-0.4, -0.2) is 24.4 Å². The molecule has 0 aliphatic carbocycles. The lowest BCUT2D eigenvalue weighted by molar-refractivity contribution is -0.121. The Kier molecular flexibility index (Phi) is 4.30. The van der Waals surface area contributed by atoms with E-state index in [4.69, 9.17) is 0 Å². The number of anilines is 1. The van der Waals surface area contributed by atoms with Crippen LogP contribution in [0.4, 0.5) is 5.69 Å². The molecule has 2 aromatic rings. The second-order valence-corrected chi connectivity index (χ2v) is 5.35. The van der Waals surface area contributed by atoms with Crippen molar-refractivity contribution in [2.24, 2.45) is 0 Å². The Hall–Kier alpha value is -2.46. The summed E-state index contributed by atoms with van der Waals surface area (Å²) in [6.07, 6.45) is 1.06. The molecule has 1 aliphatic rings. The van der Waals surface area contributed by atoms with Crippen molar-refractivity contribution in [1.29, 1.82) is 0 Å². The molecule has 1 N–H and O–H groups in total. The Balaban J connectivity index is 1.60. The van der Waals surface area contributed by atoms with Crippen LogP contribution in [0, 0.1) is 0 Å². The van der Waals surface area contributed by atoms with Gasteiger partial charge in [-0.1, -0.05) is 48.5 Å². The second kappa shape index (κ2) is 6.54. The standard InChI is InChI=1S/C18H18N2O2/c21-17-13-16(19-12-11-14-7-3-1-4-8-14)18(22)20(17)15-9-5-2-6-10-15/h1-10,16,19H,11-13H2/t16-/m0/s1. The van der Waals surface area contributed by atoms with Crippen LogP contribution in [-0.2, 0) is 16.0 Å². The first kappa shape index (κ1) is 14.5. The summed E-state index contributed by atoms with van der Waals surface area (Å²) < 4.78 is 0. The third-order valence-corrected chi connectivity index (χ3v) is 3.81. The topological polar surface area (TPSA) is 49.4 Å². The summed E-state index contributed by atoms with van der Waals surface area (Å²) in [6, 6.07) is 18.7. The third kappa shape index (κ3) is 3.07. The summed E-state index contributed by atoms with van der Waals surface area (Å²) >= 11 is 0. The Morgan fingerprint density at radius 2 is 1.59 bits per heavy atom. The molecule has 3 rings (SSSR count). The number of para-hydroxylation sites is 1. The first-order valence-electron chi connectivity index (χ1n) is 7.45. The summed E-state index contributed by atoms with van der Waals surface area (Å²) in [4.78, 5) is 25.8. The molecule has 0 spiro atoms. The number of nitrogens with one attached hydrogen (secondary N) is 1. The van der Waals surface area contributed by atoms with Gasteiger partial charge in [0, 0.05) is 0 Å². The van der Waals surface area contributed by atoms with Gasteiger partial charge in [-0.05, 0) is 30.7 Å². The van der Waals surface area contributed by atoms with Crippen molar-refractivity contribution in [1.82, 2.24) is 5.32 Å². The van der Waals surface area contributed by atoms with Crippen LogP contribution in [0.25, 0.3) is 0 Å². The van der Waals surface area contributed by atoms with Gasteiger partial charge in [-0.3, -0.25) is 9.59 Å². The maximum Gasteiger partial charge on any atom is 0.251 e. The number of carbonyl (C=O) groups is 2. The van der Waals surface area contributed by atoms with Crippen LogP contribution in [0.1, 0.15) is 12.0 Å². The minimum absolute atomic E-state index is 0.145. The zero-order chi connectivity index (χ0) is 15.4. The Bertz CT molecular complexity index is 655. The van der Waals surface area contributed by atoms with Crippen LogP contribution in [0.15, 0.2) is 60.7 Å². The SMILES string of the molecule is O=C1C[C@H](NCCc2ccccc2)C(=O)N1c1ccccc1. The van der Waals surface area contributed by atoms with Crippen LogP contribution in [0.2, 0.25) is 0 Å². The van der Waals surface area contributed by atoms with Gasteiger partial charge in [-0.15, -0.1) is 0 Å². The van der Waals surface area contributed by atoms with Crippen molar-refractivity contribution >= 4 is 17.5 Å². The lowest BCUT2D eigenvalue weighted by Crippen LogP contribution is -2.39. The molecule has 1 heterocycles. The molecule has 0 saturated carbocycles. The molecule has 1 atom stereocenters. The van der Waals surface area contributed by atoms with Crippen molar-refractivity contribution in [2.75, 3.05) is 11.4 Å². The molecule has 1 saturated heterocycles. The van der Waals surface area contributed by atoms with Gasteiger partial charge in [0.25, 0.3) is 5.91 Å². The fourth-order valence-electron chi connectivity index (χ4n) is 2.68. The fraction of sp³-hybridized carbons (Fsp3) is 0.222.